The summed E-state index contributed by atoms with van der Waals surface area (Å²) in [5, 5.41) is 3.56. The Bertz CT molecular complexity index is 1140. The van der Waals surface area contributed by atoms with Crippen LogP contribution in [0.1, 0.15) is 11.3 Å². The van der Waals surface area contributed by atoms with Crippen LogP contribution in [0.3, 0.4) is 0 Å². The summed E-state index contributed by atoms with van der Waals surface area (Å²) >= 11 is 0. The van der Waals surface area contributed by atoms with Crippen LogP contribution in [-0.4, -0.2) is 43.8 Å². The van der Waals surface area contributed by atoms with Crippen molar-refractivity contribution in [3.05, 3.63) is 71.7 Å². The van der Waals surface area contributed by atoms with Gasteiger partial charge in [0.2, 0.25) is 0 Å². The van der Waals surface area contributed by atoms with Crippen molar-refractivity contribution in [3.63, 3.8) is 0 Å². The second-order valence-corrected chi connectivity index (χ2v) is 8.71. The molecule has 0 aliphatic carbocycles. The molecule has 0 atom stereocenters. The van der Waals surface area contributed by atoms with Gasteiger partial charge in [-0.05, 0) is 56.9 Å². The lowest BCUT2D eigenvalue weighted by atomic mass is 10.0. The fraction of sp³-hybridized carbons (Fsp3) is 0.250. The van der Waals surface area contributed by atoms with Crippen molar-refractivity contribution in [2.75, 3.05) is 25.5 Å². The number of aromatic nitrogens is 2. The SMILES string of the molecule is CN(C)CCc1c(C(F)(F)F)nn(NS(=O)(=O)c2ccccc2)c1-c1ccc(F)cc1. The molecule has 0 bridgehead atoms. The minimum absolute atomic E-state index is 0.0540. The number of nitrogens with zero attached hydrogens (tertiary/aromatic N) is 3. The van der Waals surface area contributed by atoms with E-state index in [2.05, 4.69) is 9.93 Å². The zero-order valence-corrected chi connectivity index (χ0v) is 17.5. The van der Waals surface area contributed by atoms with Crippen molar-refractivity contribution in [2.24, 2.45) is 0 Å². The van der Waals surface area contributed by atoms with Gasteiger partial charge in [0.05, 0.1) is 10.6 Å². The molecule has 0 spiro atoms. The molecule has 3 aromatic rings. The number of sulfonamides is 1. The number of halogens is 4. The predicted molar refractivity (Wildman–Crippen MR) is 108 cm³/mol. The molecule has 1 N–H and O–H groups in total. The Balaban J connectivity index is 2.20. The third kappa shape index (κ3) is 5.23. The van der Waals surface area contributed by atoms with E-state index in [9.17, 15) is 26.0 Å². The standard InChI is InChI=1S/C20H20F4N4O2S/c1-27(2)13-12-17-18(14-8-10-15(21)11-9-14)28(25-19(17)20(22,23)24)26-31(29,30)16-6-4-3-5-7-16/h3-11,26H,12-13H2,1-2H3. The molecular weight excluding hydrogens is 436 g/mol. The first-order valence-electron chi connectivity index (χ1n) is 9.16. The van der Waals surface area contributed by atoms with Gasteiger partial charge in [-0.15, -0.1) is 5.10 Å². The van der Waals surface area contributed by atoms with Crippen LogP contribution >= 0.6 is 0 Å². The largest absolute Gasteiger partial charge is 0.435 e. The second-order valence-electron chi connectivity index (χ2n) is 7.05. The van der Waals surface area contributed by atoms with E-state index < -0.39 is 27.7 Å². The molecule has 31 heavy (non-hydrogen) atoms. The van der Waals surface area contributed by atoms with E-state index in [-0.39, 0.29) is 34.7 Å². The van der Waals surface area contributed by atoms with Gasteiger partial charge < -0.3 is 4.90 Å². The van der Waals surface area contributed by atoms with Gasteiger partial charge in [-0.1, -0.05) is 18.2 Å². The van der Waals surface area contributed by atoms with Crippen LogP contribution in [0.25, 0.3) is 11.3 Å². The van der Waals surface area contributed by atoms with Crippen LogP contribution in [0.2, 0.25) is 0 Å². The number of alkyl halides is 3. The highest BCUT2D eigenvalue weighted by atomic mass is 32.2. The number of hydrogen-bond donors (Lipinski definition) is 1. The predicted octanol–water partition coefficient (Wildman–Crippen LogP) is 3.74. The first-order valence-corrected chi connectivity index (χ1v) is 10.6. The van der Waals surface area contributed by atoms with Gasteiger partial charge in [0.1, 0.15) is 5.82 Å². The van der Waals surface area contributed by atoms with Crippen molar-refractivity contribution in [3.8, 4) is 11.3 Å². The monoisotopic (exact) mass is 456 g/mol. The summed E-state index contributed by atoms with van der Waals surface area (Å²) in [6.07, 6.45) is -4.87. The van der Waals surface area contributed by atoms with Gasteiger partial charge in [0, 0.05) is 17.7 Å². The maximum absolute atomic E-state index is 13.8. The normalized spacial score (nSPS) is 12.4. The summed E-state index contributed by atoms with van der Waals surface area (Å²) in [6.45, 7) is 0.258. The molecule has 2 aromatic carbocycles. The van der Waals surface area contributed by atoms with Gasteiger partial charge in [-0.2, -0.15) is 31.2 Å². The van der Waals surface area contributed by atoms with E-state index in [4.69, 9.17) is 0 Å². The molecule has 0 fully saturated rings. The topological polar surface area (TPSA) is 67.2 Å². The molecule has 6 nitrogen and oxygen atoms in total. The molecule has 1 heterocycles. The van der Waals surface area contributed by atoms with Gasteiger partial charge in [0.15, 0.2) is 5.69 Å². The molecule has 1 aromatic heterocycles. The van der Waals surface area contributed by atoms with Crippen molar-refractivity contribution in [1.29, 1.82) is 0 Å². The lowest BCUT2D eigenvalue weighted by Gasteiger charge is -2.14. The van der Waals surface area contributed by atoms with Crippen LogP contribution < -0.4 is 4.83 Å². The zero-order valence-electron chi connectivity index (χ0n) is 16.7. The summed E-state index contributed by atoms with van der Waals surface area (Å²) in [7, 11) is -0.830. The lowest BCUT2D eigenvalue weighted by Crippen LogP contribution is -2.25. The Hall–Kier alpha value is -2.92. The Morgan fingerprint density at radius 3 is 2.19 bits per heavy atom. The van der Waals surface area contributed by atoms with E-state index >= 15 is 0 Å². The van der Waals surface area contributed by atoms with Crippen LogP contribution in [0.4, 0.5) is 17.6 Å². The second kappa shape index (κ2) is 8.67. The van der Waals surface area contributed by atoms with Gasteiger partial charge >= 0.3 is 6.18 Å². The third-order valence-electron chi connectivity index (χ3n) is 4.44. The molecule has 0 saturated heterocycles. The van der Waals surface area contributed by atoms with Crippen LogP contribution in [-0.2, 0) is 22.6 Å². The number of rotatable bonds is 7. The van der Waals surface area contributed by atoms with E-state index in [0.29, 0.717) is 4.79 Å². The quantitative estimate of drug-likeness (QED) is 0.550. The molecule has 0 radical (unpaired) electrons. The molecule has 0 unspecified atom stereocenters. The van der Waals surface area contributed by atoms with Crippen LogP contribution in [0.5, 0.6) is 0 Å². The van der Waals surface area contributed by atoms with E-state index in [1.165, 1.54) is 36.4 Å². The smallest absolute Gasteiger partial charge is 0.309 e. The summed E-state index contributed by atoms with van der Waals surface area (Å²) in [5.41, 5.74) is -1.31. The zero-order chi connectivity index (χ0) is 22.8. The molecular formula is C20H20F4N4O2S. The highest BCUT2D eigenvalue weighted by molar-refractivity contribution is 7.92. The third-order valence-corrected chi connectivity index (χ3v) is 5.74. The first kappa shape index (κ1) is 22.8. The number of benzene rings is 2. The van der Waals surface area contributed by atoms with Gasteiger partial charge in [0.25, 0.3) is 10.0 Å². The molecule has 3 rings (SSSR count). The van der Waals surface area contributed by atoms with Gasteiger partial charge in [-0.25, -0.2) is 4.39 Å². The first-order chi connectivity index (χ1) is 14.5. The maximum atomic E-state index is 13.8. The Kier molecular flexibility index (Phi) is 6.37. The highest BCUT2D eigenvalue weighted by Crippen LogP contribution is 2.37. The average Bonchev–Trinajstić information content (AvgIpc) is 3.05. The lowest BCUT2D eigenvalue weighted by molar-refractivity contribution is -0.142. The van der Waals surface area contributed by atoms with Crippen molar-refractivity contribution in [1.82, 2.24) is 14.8 Å². The van der Waals surface area contributed by atoms with E-state index in [0.717, 1.165) is 12.1 Å². The maximum Gasteiger partial charge on any atom is 0.435 e. The summed E-state index contributed by atoms with van der Waals surface area (Å²) in [6, 6.07) is 11.9. The van der Waals surface area contributed by atoms with Crippen LogP contribution in [0, 0.1) is 5.82 Å². The van der Waals surface area contributed by atoms with E-state index in [1.807, 2.05) is 0 Å². The summed E-state index contributed by atoms with van der Waals surface area (Å²) in [5.74, 6) is -0.578. The Morgan fingerprint density at radius 1 is 1.03 bits per heavy atom. The minimum Gasteiger partial charge on any atom is -0.309 e. The van der Waals surface area contributed by atoms with Crippen LogP contribution in [0.15, 0.2) is 59.5 Å². The van der Waals surface area contributed by atoms with Crippen molar-refractivity contribution < 1.29 is 26.0 Å². The number of likely N-dealkylation sites (N-methyl/N-ethyl adjacent to an activating group) is 1. The van der Waals surface area contributed by atoms with Crippen molar-refractivity contribution >= 4 is 10.0 Å². The minimum atomic E-state index is -4.82. The number of nitrogens with one attached hydrogen (secondary N) is 1. The van der Waals surface area contributed by atoms with Gasteiger partial charge in [-0.3, -0.25) is 0 Å². The molecule has 0 aliphatic heterocycles. The summed E-state index contributed by atoms with van der Waals surface area (Å²) < 4.78 is 80.3. The average molecular weight is 456 g/mol. The highest BCUT2D eigenvalue weighted by Gasteiger charge is 2.40. The molecule has 0 saturated carbocycles. The molecule has 0 amide bonds. The van der Waals surface area contributed by atoms with Crippen molar-refractivity contribution in [2.45, 2.75) is 17.5 Å². The molecule has 11 heteroatoms. The molecule has 166 valence electrons. The molecule has 0 aliphatic rings. The Morgan fingerprint density at radius 2 is 1.65 bits per heavy atom. The summed E-state index contributed by atoms with van der Waals surface area (Å²) in [4.78, 5) is 4.26. The fourth-order valence-corrected chi connectivity index (χ4v) is 3.97. The Labute approximate surface area is 177 Å². The fourth-order valence-electron chi connectivity index (χ4n) is 2.99. The van der Waals surface area contributed by atoms with E-state index in [1.54, 1.807) is 25.1 Å². The number of hydrogen-bond acceptors (Lipinski definition) is 4.